The highest BCUT2D eigenvalue weighted by Gasteiger charge is 1.90. The Balaban J connectivity index is 1.90. The van der Waals surface area contributed by atoms with Crippen molar-refractivity contribution in [1.29, 1.82) is 0 Å². The number of anilines is 1. The van der Waals surface area contributed by atoms with Crippen molar-refractivity contribution in [2.75, 3.05) is 25.1 Å². The van der Waals surface area contributed by atoms with E-state index in [9.17, 15) is 0 Å². The van der Waals surface area contributed by atoms with Crippen molar-refractivity contribution in [3.63, 3.8) is 0 Å². The fraction of sp³-hybridized carbons (Fsp3) is 0.600. The summed E-state index contributed by atoms with van der Waals surface area (Å²) in [6.45, 7) is 4.77. The number of hydrogen-bond acceptors (Lipinski definition) is 3. The molecule has 0 fully saturated rings. The van der Waals surface area contributed by atoms with E-state index >= 15 is 0 Å². The molecule has 0 unspecified atom stereocenters. The van der Waals surface area contributed by atoms with E-state index in [1.54, 1.807) is 11.3 Å². The lowest BCUT2D eigenvalue weighted by Gasteiger charge is -2.04. The summed E-state index contributed by atoms with van der Waals surface area (Å²) in [6, 6.07) is 2.08. The predicted octanol–water partition coefficient (Wildman–Crippen LogP) is 2.98. The smallest absolute Gasteiger partial charge is 0.0639 e. The van der Waals surface area contributed by atoms with Crippen LogP contribution in [0.2, 0.25) is 0 Å². The van der Waals surface area contributed by atoms with Crippen molar-refractivity contribution in [1.82, 2.24) is 0 Å². The van der Waals surface area contributed by atoms with Crippen LogP contribution >= 0.6 is 11.3 Å². The van der Waals surface area contributed by atoms with Gasteiger partial charge >= 0.3 is 0 Å². The molecule has 3 heteroatoms. The van der Waals surface area contributed by atoms with Crippen LogP contribution in [0.15, 0.2) is 16.8 Å². The average Bonchev–Trinajstić information content (AvgIpc) is 2.63. The van der Waals surface area contributed by atoms with Crippen LogP contribution in [0.25, 0.3) is 0 Å². The van der Waals surface area contributed by atoms with Crippen LogP contribution in [0.5, 0.6) is 0 Å². The summed E-state index contributed by atoms with van der Waals surface area (Å²) in [5.74, 6) is 0. The van der Waals surface area contributed by atoms with Crippen LogP contribution in [-0.4, -0.2) is 19.8 Å². The fourth-order valence-corrected chi connectivity index (χ4v) is 1.59. The topological polar surface area (TPSA) is 21.3 Å². The van der Waals surface area contributed by atoms with Crippen LogP contribution in [0, 0.1) is 0 Å². The van der Waals surface area contributed by atoms with Crippen LogP contribution in [0.4, 0.5) is 5.69 Å². The molecule has 0 aromatic carbocycles. The monoisotopic (exact) mass is 199 g/mol. The molecular weight excluding hydrogens is 182 g/mol. The molecule has 0 atom stereocenters. The van der Waals surface area contributed by atoms with Crippen LogP contribution in [-0.2, 0) is 4.74 Å². The van der Waals surface area contributed by atoms with Gasteiger partial charge < -0.3 is 10.1 Å². The lowest BCUT2D eigenvalue weighted by Crippen LogP contribution is -2.09. The molecule has 1 aromatic heterocycles. The zero-order valence-electron chi connectivity index (χ0n) is 8.08. The molecular formula is C10H17NOS. The quantitative estimate of drug-likeness (QED) is 0.682. The lowest BCUT2D eigenvalue weighted by molar-refractivity contribution is 0.141. The van der Waals surface area contributed by atoms with Crippen molar-refractivity contribution in [3.05, 3.63) is 16.8 Å². The van der Waals surface area contributed by atoms with Crippen molar-refractivity contribution in [3.8, 4) is 0 Å². The highest BCUT2D eigenvalue weighted by atomic mass is 32.1. The standard InChI is InChI=1S/C10H17NOS/c1-2-3-6-12-7-5-11-10-4-8-13-9-10/h4,8-9,11H,2-3,5-7H2,1H3. The summed E-state index contributed by atoms with van der Waals surface area (Å²) in [5, 5.41) is 7.46. The summed E-state index contributed by atoms with van der Waals surface area (Å²) in [5.41, 5.74) is 1.20. The molecule has 0 saturated carbocycles. The average molecular weight is 199 g/mol. The predicted molar refractivity (Wildman–Crippen MR) is 58.5 cm³/mol. The molecule has 74 valence electrons. The summed E-state index contributed by atoms with van der Waals surface area (Å²) >= 11 is 1.71. The van der Waals surface area contributed by atoms with Crippen molar-refractivity contribution < 1.29 is 4.74 Å². The van der Waals surface area contributed by atoms with Gasteiger partial charge in [-0.15, -0.1) is 0 Å². The molecule has 0 aliphatic heterocycles. The van der Waals surface area contributed by atoms with Gasteiger partial charge in [0.15, 0.2) is 0 Å². The van der Waals surface area contributed by atoms with Gasteiger partial charge in [-0.2, -0.15) is 11.3 Å². The highest BCUT2D eigenvalue weighted by molar-refractivity contribution is 7.08. The third-order valence-electron chi connectivity index (χ3n) is 1.74. The molecule has 0 saturated heterocycles. The van der Waals surface area contributed by atoms with E-state index in [2.05, 4.69) is 29.1 Å². The minimum atomic E-state index is 0.801. The molecule has 1 N–H and O–H groups in total. The molecule has 0 bridgehead atoms. The van der Waals surface area contributed by atoms with Gasteiger partial charge in [-0.1, -0.05) is 13.3 Å². The van der Waals surface area contributed by atoms with Gasteiger partial charge in [0, 0.05) is 24.2 Å². The number of unbranched alkanes of at least 4 members (excludes halogenated alkanes) is 1. The Bertz CT molecular complexity index is 199. The van der Waals surface area contributed by atoms with Crippen molar-refractivity contribution in [2.24, 2.45) is 0 Å². The molecule has 0 aliphatic rings. The second-order valence-electron chi connectivity index (χ2n) is 2.90. The fourth-order valence-electron chi connectivity index (χ4n) is 0.981. The Morgan fingerprint density at radius 1 is 1.46 bits per heavy atom. The van der Waals surface area contributed by atoms with E-state index in [-0.39, 0.29) is 0 Å². The minimum Gasteiger partial charge on any atom is -0.382 e. The van der Waals surface area contributed by atoms with Crippen LogP contribution in [0.1, 0.15) is 19.8 Å². The summed E-state index contributed by atoms with van der Waals surface area (Å²) in [6.07, 6.45) is 2.37. The molecule has 0 spiro atoms. The Morgan fingerprint density at radius 3 is 3.08 bits per heavy atom. The normalized spacial score (nSPS) is 10.2. The SMILES string of the molecule is CCCCOCCNc1ccsc1. The zero-order chi connectivity index (χ0) is 9.36. The first-order valence-corrected chi connectivity index (χ1v) is 5.71. The number of ether oxygens (including phenoxy) is 1. The van der Waals surface area contributed by atoms with Gasteiger partial charge in [0.25, 0.3) is 0 Å². The van der Waals surface area contributed by atoms with E-state index in [1.807, 2.05) is 0 Å². The van der Waals surface area contributed by atoms with Gasteiger partial charge in [-0.3, -0.25) is 0 Å². The maximum atomic E-state index is 5.41. The van der Waals surface area contributed by atoms with Crippen molar-refractivity contribution in [2.45, 2.75) is 19.8 Å². The van der Waals surface area contributed by atoms with Crippen molar-refractivity contribution >= 4 is 17.0 Å². The molecule has 1 rings (SSSR count). The van der Waals surface area contributed by atoms with E-state index in [0.717, 1.165) is 19.8 Å². The second kappa shape index (κ2) is 6.92. The highest BCUT2D eigenvalue weighted by Crippen LogP contribution is 2.10. The maximum Gasteiger partial charge on any atom is 0.0639 e. The number of rotatable bonds is 7. The van der Waals surface area contributed by atoms with Gasteiger partial charge in [0.1, 0.15) is 0 Å². The van der Waals surface area contributed by atoms with E-state index in [0.29, 0.717) is 0 Å². The largest absolute Gasteiger partial charge is 0.382 e. The Morgan fingerprint density at radius 2 is 2.38 bits per heavy atom. The Kier molecular flexibility index (Phi) is 5.61. The molecule has 2 nitrogen and oxygen atoms in total. The first kappa shape index (κ1) is 10.5. The number of nitrogens with one attached hydrogen (secondary N) is 1. The van der Waals surface area contributed by atoms with Gasteiger partial charge in [-0.05, 0) is 17.9 Å². The summed E-state index contributed by atoms with van der Waals surface area (Å²) < 4.78 is 5.41. The third-order valence-corrected chi connectivity index (χ3v) is 2.42. The third kappa shape index (κ3) is 4.90. The van der Waals surface area contributed by atoms with Gasteiger partial charge in [0.05, 0.1) is 6.61 Å². The summed E-state index contributed by atoms with van der Waals surface area (Å²) in [7, 11) is 0. The molecule has 1 aromatic rings. The summed E-state index contributed by atoms with van der Waals surface area (Å²) in [4.78, 5) is 0. The second-order valence-corrected chi connectivity index (χ2v) is 3.68. The number of thiophene rings is 1. The zero-order valence-corrected chi connectivity index (χ0v) is 8.90. The van der Waals surface area contributed by atoms with E-state index in [1.165, 1.54) is 18.5 Å². The molecule has 13 heavy (non-hydrogen) atoms. The Labute approximate surface area is 83.9 Å². The molecule has 1 heterocycles. The van der Waals surface area contributed by atoms with E-state index < -0.39 is 0 Å². The van der Waals surface area contributed by atoms with Gasteiger partial charge in [0.2, 0.25) is 0 Å². The van der Waals surface area contributed by atoms with Crippen LogP contribution < -0.4 is 5.32 Å². The van der Waals surface area contributed by atoms with Crippen LogP contribution in [0.3, 0.4) is 0 Å². The molecule has 0 aliphatic carbocycles. The van der Waals surface area contributed by atoms with Gasteiger partial charge in [-0.25, -0.2) is 0 Å². The first-order chi connectivity index (χ1) is 6.43. The molecule has 0 amide bonds. The molecule has 0 radical (unpaired) electrons. The number of hydrogen-bond donors (Lipinski definition) is 1. The lowest BCUT2D eigenvalue weighted by atomic mass is 10.4. The van der Waals surface area contributed by atoms with E-state index in [4.69, 9.17) is 4.74 Å². The Hall–Kier alpha value is -0.540. The maximum absolute atomic E-state index is 5.41. The first-order valence-electron chi connectivity index (χ1n) is 4.77. The minimum absolute atomic E-state index is 0.801.